The highest BCUT2D eigenvalue weighted by molar-refractivity contribution is 7.89. The molecular weight excluding hydrogens is 359 g/mol. The molecule has 1 aliphatic rings. The number of nitrogens with one attached hydrogen (secondary N) is 1. The van der Waals surface area contributed by atoms with Crippen LogP contribution in [0, 0.1) is 0 Å². The summed E-state index contributed by atoms with van der Waals surface area (Å²) < 4.78 is 65.4. The minimum atomic E-state index is -4.80. The van der Waals surface area contributed by atoms with Gasteiger partial charge < -0.3 is 9.80 Å². The van der Waals surface area contributed by atoms with Gasteiger partial charge in [0, 0.05) is 19.6 Å². The molecule has 10 heteroatoms. The summed E-state index contributed by atoms with van der Waals surface area (Å²) in [6.45, 7) is 1.86. The Balaban J connectivity index is 2.08. The van der Waals surface area contributed by atoms with Crippen molar-refractivity contribution >= 4 is 15.9 Å². The number of alkyl halides is 3. The van der Waals surface area contributed by atoms with Gasteiger partial charge in [-0.05, 0) is 32.1 Å². The number of sulfonamides is 1. The molecule has 0 spiro atoms. The van der Waals surface area contributed by atoms with Crippen molar-refractivity contribution in [3.63, 3.8) is 0 Å². The summed E-state index contributed by atoms with van der Waals surface area (Å²) in [4.78, 5) is 14.9. The Bertz CT molecular complexity index is 722. The molecule has 0 atom stereocenters. The molecule has 1 aromatic carbocycles. The number of carbonyl (C=O) groups excluding carboxylic acids is 1. The monoisotopic (exact) mass is 379 g/mol. The van der Waals surface area contributed by atoms with E-state index in [-0.39, 0.29) is 0 Å². The zero-order valence-electron chi connectivity index (χ0n) is 13.7. The lowest BCUT2D eigenvalue weighted by molar-refractivity contribution is -0.139. The van der Waals surface area contributed by atoms with Crippen molar-refractivity contribution in [2.24, 2.45) is 0 Å². The average molecular weight is 379 g/mol. The first-order valence-corrected chi connectivity index (χ1v) is 9.22. The molecule has 0 aromatic heterocycles. The van der Waals surface area contributed by atoms with Gasteiger partial charge in [0.05, 0.1) is 17.0 Å². The standard InChI is InChI=1S/C15H20F3N3O3S/c1-20-7-4-8-21(10-9-20)14(22)11-19-25(23,24)13-6-3-2-5-12(13)15(16,17)18/h2-3,5-6,19H,4,7-11H2,1H3. The number of carbonyl (C=O) groups is 1. The summed E-state index contributed by atoms with van der Waals surface area (Å²) in [5.41, 5.74) is -1.26. The molecule has 1 fully saturated rings. The lowest BCUT2D eigenvalue weighted by atomic mass is 10.2. The van der Waals surface area contributed by atoms with Gasteiger partial charge in [-0.3, -0.25) is 4.79 Å². The highest BCUT2D eigenvalue weighted by Crippen LogP contribution is 2.33. The minimum Gasteiger partial charge on any atom is -0.340 e. The van der Waals surface area contributed by atoms with Crippen molar-refractivity contribution in [1.82, 2.24) is 14.5 Å². The molecule has 1 N–H and O–H groups in total. The quantitative estimate of drug-likeness (QED) is 0.852. The fourth-order valence-corrected chi connectivity index (χ4v) is 3.78. The molecule has 6 nitrogen and oxygen atoms in total. The molecule has 25 heavy (non-hydrogen) atoms. The Hall–Kier alpha value is -1.65. The van der Waals surface area contributed by atoms with Crippen LogP contribution >= 0.6 is 0 Å². The van der Waals surface area contributed by atoms with Crippen molar-refractivity contribution in [1.29, 1.82) is 0 Å². The van der Waals surface area contributed by atoms with Crippen LogP contribution in [-0.4, -0.2) is 63.9 Å². The largest absolute Gasteiger partial charge is 0.417 e. The van der Waals surface area contributed by atoms with Crippen molar-refractivity contribution in [2.75, 3.05) is 39.8 Å². The zero-order chi connectivity index (χ0) is 18.7. The van der Waals surface area contributed by atoms with Gasteiger partial charge in [0.15, 0.2) is 0 Å². The second-order valence-electron chi connectivity index (χ2n) is 5.86. The molecular formula is C15H20F3N3O3S. The van der Waals surface area contributed by atoms with Gasteiger partial charge in [-0.2, -0.15) is 13.2 Å². The van der Waals surface area contributed by atoms with E-state index in [0.717, 1.165) is 25.1 Å². The maximum Gasteiger partial charge on any atom is 0.417 e. The first kappa shape index (κ1) is 19.7. The molecule has 1 aliphatic heterocycles. The fraction of sp³-hybridized carbons (Fsp3) is 0.533. The number of halogens is 3. The Morgan fingerprint density at radius 2 is 1.84 bits per heavy atom. The molecule has 140 valence electrons. The number of amides is 1. The third-order valence-corrected chi connectivity index (χ3v) is 5.43. The van der Waals surface area contributed by atoms with E-state index >= 15 is 0 Å². The van der Waals surface area contributed by atoms with Gasteiger partial charge in [0.1, 0.15) is 0 Å². The molecule has 2 rings (SSSR count). The van der Waals surface area contributed by atoms with Crippen LogP contribution in [-0.2, 0) is 21.0 Å². The molecule has 1 amide bonds. The van der Waals surface area contributed by atoms with E-state index in [0.29, 0.717) is 25.7 Å². The third kappa shape index (κ3) is 5.16. The Morgan fingerprint density at radius 1 is 1.16 bits per heavy atom. The highest BCUT2D eigenvalue weighted by atomic mass is 32.2. The van der Waals surface area contributed by atoms with Gasteiger partial charge in [-0.15, -0.1) is 0 Å². The maximum absolute atomic E-state index is 13.0. The van der Waals surface area contributed by atoms with E-state index in [2.05, 4.69) is 4.90 Å². The highest BCUT2D eigenvalue weighted by Gasteiger charge is 2.37. The summed E-state index contributed by atoms with van der Waals surface area (Å²) in [5, 5.41) is 0. The van der Waals surface area contributed by atoms with E-state index in [1.54, 1.807) is 0 Å². The number of likely N-dealkylation sites (N-methyl/N-ethyl adjacent to an activating group) is 1. The van der Waals surface area contributed by atoms with Crippen LogP contribution < -0.4 is 4.72 Å². The van der Waals surface area contributed by atoms with Gasteiger partial charge >= 0.3 is 6.18 Å². The molecule has 0 radical (unpaired) electrons. The number of rotatable bonds is 4. The van der Waals surface area contributed by atoms with E-state index in [4.69, 9.17) is 0 Å². The minimum absolute atomic E-state index is 0.455. The summed E-state index contributed by atoms with van der Waals surface area (Å²) in [5.74, 6) is -0.455. The molecule has 0 bridgehead atoms. The second kappa shape index (κ2) is 7.71. The number of benzene rings is 1. The Kier molecular flexibility index (Phi) is 6.07. The van der Waals surface area contributed by atoms with Crippen molar-refractivity contribution in [2.45, 2.75) is 17.5 Å². The number of hydrogen-bond donors (Lipinski definition) is 1. The van der Waals surface area contributed by atoms with Gasteiger partial charge in [-0.25, -0.2) is 13.1 Å². The summed E-state index contributed by atoms with van der Waals surface area (Å²) in [7, 11) is -2.53. The maximum atomic E-state index is 13.0. The van der Waals surface area contributed by atoms with E-state index < -0.39 is 39.1 Å². The fourth-order valence-electron chi connectivity index (χ4n) is 2.58. The van der Waals surface area contributed by atoms with Crippen LogP contribution in [0.4, 0.5) is 13.2 Å². The smallest absolute Gasteiger partial charge is 0.340 e. The number of hydrogen-bond acceptors (Lipinski definition) is 4. The third-order valence-electron chi connectivity index (χ3n) is 3.97. The van der Waals surface area contributed by atoms with E-state index in [1.165, 1.54) is 11.0 Å². The summed E-state index contributed by atoms with van der Waals surface area (Å²) in [6.07, 6.45) is -4.05. The van der Waals surface area contributed by atoms with Gasteiger partial charge in [-0.1, -0.05) is 12.1 Å². The van der Waals surface area contributed by atoms with E-state index in [9.17, 15) is 26.4 Å². The molecule has 0 aliphatic carbocycles. The molecule has 0 saturated carbocycles. The van der Waals surface area contributed by atoms with Crippen LogP contribution in [0.1, 0.15) is 12.0 Å². The molecule has 1 saturated heterocycles. The van der Waals surface area contributed by atoms with Crippen LogP contribution in [0.3, 0.4) is 0 Å². The van der Waals surface area contributed by atoms with Crippen molar-refractivity contribution < 1.29 is 26.4 Å². The predicted octanol–water partition coefficient (Wildman–Crippen LogP) is 1.15. The lowest BCUT2D eigenvalue weighted by Crippen LogP contribution is -2.42. The topological polar surface area (TPSA) is 69.7 Å². The van der Waals surface area contributed by atoms with E-state index in [1.807, 2.05) is 11.8 Å². The molecule has 0 unspecified atom stereocenters. The molecule has 1 heterocycles. The van der Waals surface area contributed by atoms with Gasteiger partial charge in [0.2, 0.25) is 15.9 Å². The summed E-state index contributed by atoms with van der Waals surface area (Å²) >= 11 is 0. The van der Waals surface area contributed by atoms with Crippen LogP contribution in [0.2, 0.25) is 0 Å². The normalized spacial score (nSPS) is 17.4. The molecule has 1 aromatic rings. The van der Waals surface area contributed by atoms with Crippen molar-refractivity contribution in [3.05, 3.63) is 29.8 Å². The first-order valence-electron chi connectivity index (χ1n) is 7.73. The zero-order valence-corrected chi connectivity index (χ0v) is 14.5. The number of nitrogens with zero attached hydrogens (tertiary/aromatic N) is 2. The Morgan fingerprint density at radius 3 is 2.52 bits per heavy atom. The predicted molar refractivity (Wildman–Crippen MR) is 85.3 cm³/mol. The van der Waals surface area contributed by atoms with Crippen LogP contribution in [0.5, 0.6) is 0 Å². The first-order chi connectivity index (χ1) is 11.6. The Labute approximate surface area is 144 Å². The summed E-state index contributed by atoms with van der Waals surface area (Å²) in [6, 6.07) is 3.88. The van der Waals surface area contributed by atoms with Crippen molar-refractivity contribution in [3.8, 4) is 0 Å². The van der Waals surface area contributed by atoms with Gasteiger partial charge in [0.25, 0.3) is 0 Å². The second-order valence-corrected chi connectivity index (χ2v) is 7.59. The lowest BCUT2D eigenvalue weighted by Gasteiger charge is -2.21. The van der Waals surface area contributed by atoms with Crippen LogP contribution in [0.15, 0.2) is 29.2 Å². The van der Waals surface area contributed by atoms with Crippen LogP contribution in [0.25, 0.3) is 0 Å². The average Bonchev–Trinajstić information content (AvgIpc) is 2.76. The SMILES string of the molecule is CN1CCCN(C(=O)CNS(=O)(=O)c2ccccc2C(F)(F)F)CC1.